The first-order chi connectivity index (χ1) is 31.5. The molecule has 0 saturated carbocycles. The topological polar surface area (TPSA) is 131 Å². The smallest absolute Gasteiger partial charge is 0.351 e. The highest BCUT2D eigenvalue weighted by Crippen LogP contribution is 2.52. The summed E-state index contributed by atoms with van der Waals surface area (Å²) in [6.07, 6.45) is 22.4. The number of esters is 2. The molecule has 5 heterocycles. The van der Waals surface area contributed by atoms with Crippen molar-refractivity contribution < 1.29 is 28.9 Å². The lowest BCUT2D eigenvalue weighted by Gasteiger charge is -2.29. The Balaban J connectivity index is 1.24. The third-order valence-electron chi connectivity index (χ3n) is 14.7. The first kappa shape index (κ1) is 50.3. The Labute approximate surface area is 395 Å². The predicted molar refractivity (Wildman–Crippen MR) is 268 cm³/mol. The van der Waals surface area contributed by atoms with E-state index in [-0.39, 0.29) is 36.6 Å². The molecule has 5 atom stereocenters. The van der Waals surface area contributed by atoms with Crippen molar-refractivity contribution in [3.63, 3.8) is 0 Å². The number of methoxy groups -OCH3 is 2. The van der Waals surface area contributed by atoms with Crippen LogP contribution in [0.2, 0.25) is 0 Å². The van der Waals surface area contributed by atoms with E-state index in [0.29, 0.717) is 46.2 Å². The van der Waals surface area contributed by atoms with E-state index in [0.717, 1.165) is 81.9 Å². The van der Waals surface area contributed by atoms with Crippen molar-refractivity contribution in [1.82, 2.24) is 5.32 Å². The summed E-state index contributed by atoms with van der Waals surface area (Å²) in [5.41, 5.74) is 10.3. The van der Waals surface area contributed by atoms with Crippen LogP contribution in [0.1, 0.15) is 146 Å². The minimum atomic E-state index is -2.01. The molecular formula is C56H76N4O6. The number of carbonyl (C=O) groups is 2. The number of aliphatic hydroxyl groups excluding tert-OH is 1. The highest BCUT2D eigenvalue weighted by atomic mass is 16.6. The Morgan fingerprint density at radius 1 is 0.879 bits per heavy atom. The maximum Gasteiger partial charge on any atom is 0.351 e. The number of carbonyl (C=O) groups excluding carboxylic acids is 2. The van der Waals surface area contributed by atoms with E-state index in [1.165, 1.54) is 64.7 Å². The lowest BCUT2D eigenvalue weighted by molar-refractivity contribution is -0.159. The van der Waals surface area contributed by atoms with Crippen LogP contribution in [0.5, 0.6) is 0 Å². The molecule has 6 aliphatic rings. The van der Waals surface area contributed by atoms with Crippen molar-refractivity contribution in [2.24, 2.45) is 44.6 Å². The Kier molecular flexibility index (Phi) is 16.5. The van der Waals surface area contributed by atoms with Gasteiger partial charge in [0.1, 0.15) is 6.61 Å². The minimum absolute atomic E-state index is 0.131. The molecule has 0 unspecified atom stereocenters. The average Bonchev–Trinajstić information content (AvgIpc) is 4.01. The van der Waals surface area contributed by atoms with Crippen LogP contribution in [-0.2, 0) is 23.8 Å². The molecule has 10 heteroatoms. The maximum atomic E-state index is 14.1. The number of rotatable bonds is 21. The van der Waals surface area contributed by atoms with Crippen molar-refractivity contribution in [2.75, 3.05) is 20.8 Å². The summed E-state index contributed by atoms with van der Waals surface area (Å²) in [4.78, 5) is 43.0. The quantitative estimate of drug-likeness (QED) is 0.0866. The van der Waals surface area contributed by atoms with Gasteiger partial charge in [-0.1, -0.05) is 105 Å². The molecule has 0 spiro atoms. The van der Waals surface area contributed by atoms with Crippen LogP contribution in [-0.4, -0.2) is 60.6 Å². The Hall–Kier alpha value is -5.09. The minimum Gasteiger partial charge on any atom is -0.507 e. The van der Waals surface area contributed by atoms with Crippen LogP contribution in [0, 0.1) is 29.6 Å². The average molecular weight is 901 g/mol. The molecule has 0 amide bonds. The van der Waals surface area contributed by atoms with Crippen molar-refractivity contribution >= 4 is 29.1 Å². The standard InChI is InChI=1S/C56H76N4O6/c1-14-40-36(8)43-29-45-38(10)42(25-26-49(61)66-28-27-35(7)24-18-23-34(6)22-17-21-33(5)20-16-19-32(3)4)52(59-45)51-53-50(54(62)56(51,65-13)55(63)64-12)39(11)46(60-53)31-48-41(15-2)37(9)44(58-48)30-47(40)57-43/h14,27,29-34,38,42,59,62H,1,15-26,28H2,2-13H3/b35-27+,45-29?,47-30?,48-31?,52-51?/t33-,34-,38+,42+,56+/m1/s1. The summed E-state index contributed by atoms with van der Waals surface area (Å²) < 4.78 is 17.3. The molecule has 0 aromatic heterocycles. The van der Waals surface area contributed by atoms with Gasteiger partial charge in [0.2, 0.25) is 0 Å². The SMILES string of the molecule is C=CC1=C(C)C2=NC1=CC1=NC(=CC3=C(C)C4=C(O)[C@](OC)(C(=O)OC)C(=C5NC(=C2)[C@@H](C)[C@@H]5CCC(=O)OC/C=C(\C)CCC[C@H](C)CCC[C@H](C)CCCC(C)C)C4=N3)C(CC)=C1C. The van der Waals surface area contributed by atoms with Crippen LogP contribution in [0.25, 0.3) is 0 Å². The van der Waals surface area contributed by atoms with Gasteiger partial charge in [-0.05, 0) is 118 Å². The molecule has 2 N–H and O–H groups in total. The summed E-state index contributed by atoms with van der Waals surface area (Å²) in [6.45, 7) is 26.1. The van der Waals surface area contributed by atoms with Crippen molar-refractivity contribution in [3.05, 3.63) is 116 Å². The normalized spacial score (nSPS) is 23.6. The lowest BCUT2D eigenvalue weighted by Crippen LogP contribution is -2.46. The van der Waals surface area contributed by atoms with Crippen molar-refractivity contribution in [2.45, 2.75) is 152 Å². The number of nitrogens with one attached hydrogen (secondary N) is 1. The molecule has 8 bridgehead atoms. The van der Waals surface area contributed by atoms with Gasteiger partial charge in [0, 0.05) is 53.5 Å². The summed E-state index contributed by atoms with van der Waals surface area (Å²) in [5, 5.41) is 15.9. The number of aliphatic hydroxyl groups is 1. The van der Waals surface area contributed by atoms with E-state index in [1.807, 2.05) is 44.2 Å². The predicted octanol–water partition coefficient (Wildman–Crippen LogP) is 12.7. The second kappa shape index (κ2) is 21.7. The summed E-state index contributed by atoms with van der Waals surface area (Å²) in [5.74, 6) is 0.429. The Morgan fingerprint density at radius 2 is 1.53 bits per heavy atom. The fourth-order valence-electron chi connectivity index (χ4n) is 10.5. The Morgan fingerprint density at radius 3 is 2.17 bits per heavy atom. The molecule has 10 nitrogen and oxygen atoms in total. The van der Waals surface area contributed by atoms with Gasteiger partial charge >= 0.3 is 11.9 Å². The van der Waals surface area contributed by atoms with Crippen LogP contribution in [0.3, 0.4) is 0 Å². The van der Waals surface area contributed by atoms with Gasteiger partial charge in [-0.15, -0.1) is 0 Å². The number of hydrogen-bond acceptors (Lipinski definition) is 10. The number of allylic oxidation sites excluding steroid dienone is 12. The highest BCUT2D eigenvalue weighted by Gasteiger charge is 2.60. The van der Waals surface area contributed by atoms with Gasteiger partial charge in [0.25, 0.3) is 5.60 Å². The van der Waals surface area contributed by atoms with Gasteiger partial charge in [-0.2, -0.15) is 0 Å². The van der Waals surface area contributed by atoms with Crippen molar-refractivity contribution in [3.8, 4) is 0 Å². The third kappa shape index (κ3) is 10.2. The fraction of sp³-hybridized carbons (Fsp3) is 0.554. The Bertz CT molecular complexity index is 2370. The highest BCUT2D eigenvalue weighted by molar-refractivity contribution is 6.26. The van der Waals surface area contributed by atoms with Crippen LogP contribution < -0.4 is 5.32 Å². The molecule has 356 valence electrons. The third-order valence-corrected chi connectivity index (χ3v) is 14.7. The molecule has 0 radical (unpaired) electrons. The van der Waals surface area contributed by atoms with E-state index in [2.05, 4.69) is 67.3 Å². The van der Waals surface area contributed by atoms with E-state index in [4.69, 9.17) is 29.2 Å². The summed E-state index contributed by atoms with van der Waals surface area (Å²) in [6, 6.07) is 0. The van der Waals surface area contributed by atoms with Crippen LogP contribution in [0.15, 0.2) is 131 Å². The van der Waals surface area contributed by atoms with E-state index in [9.17, 15) is 14.7 Å². The zero-order valence-electron chi connectivity index (χ0n) is 42.0. The van der Waals surface area contributed by atoms with Crippen LogP contribution >= 0.6 is 0 Å². The summed E-state index contributed by atoms with van der Waals surface area (Å²) >= 11 is 0. The number of fused-ring (bicyclic) bond motifs is 5. The molecule has 5 aliphatic heterocycles. The van der Waals surface area contributed by atoms with Crippen molar-refractivity contribution in [1.29, 1.82) is 0 Å². The molecule has 1 saturated heterocycles. The molecule has 0 aromatic rings. The first-order valence-electron chi connectivity index (χ1n) is 24.6. The number of nitrogens with zero attached hydrogens (tertiary/aromatic N) is 3. The number of hydrogen-bond donors (Lipinski definition) is 2. The van der Waals surface area contributed by atoms with E-state index < -0.39 is 11.6 Å². The van der Waals surface area contributed by atoms with Crippen LogP contribution in [0.4, 0.5) is 0 Å². The second-order valence-corrected chi connectivity index (χ2v) is 19.9. The van der Waals surface area contributed by atoms with E-state index >= 15 is 0 Å². The molecular weight excluding hydrogens is 825 g/mol. The maximum absolute atomic E-state index is 14.1. The first-order valence-corrected chi connectivity index (χ1v) is 24.6. The second-order valence-electron chi connectivity index (χ2n) is 19.9. The zero-order valence-corrected chi connectivity index (χ0v) is 42.0. The number of ether oxygens (including phenoxy) is 3. The molecule has 1 aliphatic carbocycles. The zero-order chi connectivity index (χ0) is 48.0. The van der Waals surface area contributed by atoms with Gasteiger partial charge in [-0.3, -0.25) is 4.79 Å². The molecule has 1 fully saturated rings. The molecule has 0 aromatic carbocycles. The van der Waals surface area contributed by atoms with Gasteiger partial charge in [-0.25, -0.2) is 19.8 Å². The molecule has 66 heavy (non-hydrogen) atoms. The number of aliphatic imine (C=N–C) groups is 3. The van der Waals surface area contributed by atoms with Gasteiger partial charge in [0.05, 0.1) is 41.3 Å². The van der Waals surface area contributed by atoms with Gasteiger partial charge < -0.3 is 24.6 Å². The monoisotopic (exact) mass is 901 g/mol. The van der Waals surface area contributed by atoms with E-state index in [1.54, 1.807) is 0 Å². The summed E-state index contributed by atoms with van der Waals surface area (Å²) in [7, 11) is 2.67. The molecule has 6 rings (SSSR count). The largest absolute Gasteiger partial charge is 0.507 e. The fourth-order valence-corrected chi connectivity index (χ4v) is 10.5. The van der Waals surface area contributed by atoms with Gasteiger partial charge in [0.15, 0.2) is 5.76 Å². The lowest BCUT2D eigenvalue weighted by atomic mass is 9.83.